The summed E-state index contributed by atoms with van der Waals surface area (Å²) in [4.78, 5) is 40.3. The van der Waals surface area contributed by atoms with Crippen LogP contribution in [0.3, 0.4) is 0 Å². The first-order chi connectivity index (χ1) is 16.6. The molecule has 1 saturated heterocycles. The largest absolute Gasteiger partial charge is 0.465 e. The highest BCUT2D eigenvalue weighted by Gasteiger charge is 2.67. The Morgan fingerprint density at radius 2 is 1.83 bits per heavy atom. The maximum atomic E-state index is 14.0. The summed E-state index contributed by atoms with van der Waals surface area (Å²) in [5, 5.41) is 21.9. The molecule has 180 valence electrons. The fourth-order valence-corrected chi connectivity index (χ4v) is 5.24. The number of non-ortho nitro benzene ring substituents is 1. The number of anilines is 1. The van der Waals surface area contributed by atoms with Crippen LogP contribution < -0.4 is 4.90 Å². The van der Waals surface area contributed by atoms with Crippen LogP contribution in [0.5, 0.6) is 0 Å². The molecule has 4 atom stereocenters. The summed E-state index contributed by atoms with van der Waals surface area (Å²) >= 11 is 0. The first-order valence-electron chi connectivity index (χ1n) is 11.5. The van der Waals surface area contributed by atoms with Gasteiger partial charge in [-0.05, 0) is 24.1 Å². The number of nitro groups is 1. The number of carbonyl (C=O) groups is 2. The summed E-state index contributed by atoms with van der Waals surface area (Å²) in [6.45, 7) is 7.15. The van der Waals surface area contributed by atoms with Crippen molar-refractivity contribution < 1.29 is 19.2 Å². The summed E-state index contributed by atoms with van der Waals surface area (Å²) in [5.41, 5.74) is -0.543. The number of nitro benzene ring substituents is 1. The number of carbonyl (C=O) groups excluding carboxylic acids is 2. The first kappa shape index (κ1) is 24.1. The van der Waals surface area contributed by atoms with Gasteiger partial charge < -0.3 is 9.64 Å². The van der Waals surface area contributed by atoms with Crippen molar-refractivity contribution in [3.8, 4) is 6.07 Å². The minimum absolute atomic E-state index is 0.0696. The summed E-state index contributed by atoms with van der Waals surface area (Å²) < 4.78 is 5.44. The van der Waals surface area contributed by atoms with E-state index in [9.17, 15) is 25.0 Å². The van der Waals surface area contributed by atoms with Gasteiger partial charge >= 0.3 is 5.97 Å². The lowest BCUT2D eigenvalue weighted by molar-refractivity contribution is -0.384. The van der Waals surface area contributed by atoms with Gasteiger partial charge in [0.1, 0.15) is 0 Å². The number of Topliss-reactive ketones (excluding diaryl/α,β-unsaturated/α-hetero) is 1. The lowest BCUT2D eigenvalue weighted by atomic mass is 9.67. The number of para-hydroxylation sites is 1. The van der Waals surface area contributed by atoms with Crippen molar-refractivity contribution in [3.05, 3.63) is 75.8 Å². The van der Waals surface area contributed by atoms with Gasteiger partial charge in [-0.1, -0.05) is 63.3 Å². The Morgan fingerprint density at radius 1 is 1.17 bits per heavy atom. The zero-order valence-corrected chi connectivity index (χ0v) is 20.1. The van der Waals surface area contributed by atoms with Crippen molar-refractivity contribution in [1.29, 1.82) is 5.26 Å². The van der Waals surface area contributed by atoms with Crippen LogP contribution >= 0.6 is 0 Å². The smallest absolute Gasteiger partial charge is 0.329 e. The molecular weight excluding hydrogens is 446 g/mol. The molecule has 0 unspecified atom stereocenters. The Kier molecular flexibility index (Phi) is 5.97. The number of rotatable bonds is 5. The molecule has 8 nitrogen and oxygen atoms in total. The second-order valence-corrected chi connectivity index (χ2v) is 9.86. The van der Waals surface area contributed by atoms with E-state index in [0.717, 1.165) is 11.3 Å². The molecule has 0 saturated carbocycles. The highest BCUT2D eigenvalue weighted by Crippen LogP contribution is 2.57. The van der Waals surface area contributed by atoms with Crippen LogP contribution in [-0.4, -0.2) is 35.4 Å². The molecule has 8 heteroatoms. The van der Waals surface area contributed by atoms with Crippen molar-refractivity contribution in [2.45, 2.75) is 45.7 Å². The molecule has 2 aromatic carbocycles. The minimum atomic E-state index is -1.75. The number of ketones is 1. The van der Waals surface area contributed by atoms with Crippen molar-refractivity contribution in [2.24, 2.45) is 10.8 Å². The van der Waals surface area contributed by atoms with Crippen LogP contribution in [-0.2, 0) is 14.3 Å². The molecule has 2 aromatic rings. The third-order valence-corrected chi connectivity index (χ3v) is 6.81. The SMILES string of the molecule is CCOC(=O)[C@]1(C#N)[C@@H](c2ccc([N+](=O)[O-])cc2)[C@@H](C(=O)C(C)(C)C)N2c3ccccc3C=C[C@@H]21. The molecular formula is C27H27N3O5. The van der Waals surface area contributed by atoms with Gasteiger partial charge in [0.25, 0.3) is 5.69 Å². The molecule has 0 radical (unpaired) electrons. The molecule has 0 aliphatic carbocycles. The molecule has 0 spiro atoms. The highest BCUT2D eigenvalue weighted by atomic mass is 16.6. The summed E-state index contributed by atoms with van der Waals surface area (Å²) in [5.74, 6) is -1.77. The standard InChI is InChI=1S/C27H27N3O5/c1-5-35-25(32)27(16-28)21-15-12-17-8-6-7-9-20(17)29(21)23(24(31)26(2,3)4)22(27)18-10-13-19(14-11-18)30(33)34/h6-15,21-23H,5H2,1-4H3/t21-,22+,23+,27+/m1/s1. The monoisotopic (exact) mass is 473 g/mol. The third-order valence-electron chi connectivity index (χ3n) is 6.81. The van der Waals surface area contributed by atoms with E-state index >= 15 is 0 Å². The zero-order valence-electron chi connectivity index (χ0n) is 20.1. The molecule has 4 rings (SSSR count). The number of hydrogen-bond acceptors (Lipinski definition) is 7. The number of ether oxygens (including phenoxy) is 1. The van der Waals surface area contributed by atoms with E-state index in [1.807, 2.05) is 35.2 Å². The van der Waals surface area contributed by atoms with Gasteiger partial charge in [-0.15, -0.1) is 0 Å². The van der Waals surface area contributed by atoms with E-state index in [1.54, 1.807) is 33.8 Å². The number of esters is 1. The number of nitrogens with zero attached hydrogens (tertiary/aromatic N) is 3. The molecule has 0 amide bonds. The predicted molar refractivity (Wildman–Crippen MR) is 131 cm³/mol. The normalized spacial score (nSPS) is 24.8. The van der Waals surface area contributed by atoms with Crippen molar-refractivity contribution >= 4 is 29.2 Å². The molecule has 0 N–H and O–H groups in total. The molecule has 2 heterocycles. The molecule has 0 aromatic heterocycles. The van der Waals surface area contributed by atoms with E-state index in [0.29, 0.717) is 5.56 Å². The summed E-state index contributed by atoms with van der Waals surface area (Å²) in [7, 11) is 0. The third kappa shape index (κ3) is 3.68. The Bertz CT molecular complexity index is 1250. The van der Waals surface area contributed by atoms with Gasteiger partial charge in [-0.3, -0.25) is 19.7 Å². The minimum Gasteiger partial charge on any atom is -0.465 e. The fourth-order valence-electron chi connectivity index (χ4n) is 5.24. The van der Waals surface area contributed by atoms with Crippen LogP contribution in [0.2, 0.25) is 0 Å². The van der Waals surface area contributed by atoms with Gasteiger partial charge in [-0.25, -0.2) is 0 Å². The van der Waals surface area contributed by atoms with Gasteiger partial charge in [-0.2, -0.15) is 5.26 Å². The second kappa shape index (κ2) is 8.66. The van der Waals surface area contributed by atoms with Crippen molar-refractivity contribution in [3.63, 3.8) is 0 Å². The summed E-state index contributed by atoms with van der Waals surface area (Å²) in [6, 6.07) is 13.9. The molecule has 1 fully saturated rings. The second-order valence-electron chi connectivity index (χ2n) is 9.86. The van der Waals surface area contributed by atoms with Gasteiger partial charge in [0.15, 0.2) is 11.2 Å². The fraction of sp³-hybridized carbons (Fsp3) is 0.370. The van der Waals surface area contributed by atoms with E-state index < -0.39 is 39.7 Å². The van der Waals surface area contributed by atoms with E-state index in [-0.39, 0.29) is 18.1 Å². The average molecular weight is 474 g/mol. The van der Waals surface area contributed by atoms with Crippen LogP contribution in [0.15, 0.2) is 54.6 Å². The number of fused-ring (bicyclic) bond motifs is 3. The van der Waals surface area contributed by atoms with Crippen LogP contribution in [0.4, 0.5) is 11.4 Å². The van der Waals surface area contributed by atoms with Crippen LogP contribution in [0, 0.1) is 32.3 Å². The molecule has 35 heavy (non-hydrogen) atoms. The number of hydrogen-bond donors (Lipinski definition) is 0. The van der Waals surface area contributed by atoms with E-state index in [4.69, 9.17) is 4.74 Å². The lowest BCUT2D eigenvalue weighted by Crippen LogP contribution is -2.48. The number of nitriles is 1. The van der Waals surface area contributed by atoms with E-state index in [1.165, 1.54) is 24.3 Å². The highest BCUT2D eigenvalue weighted by molar-refractivity contribution is 5.99. The Morgan fingerprint density at radius 3 is 2.40 bits per heavy atom. The predicted octanol–water partition coefficient (Wildman–Crippen LogP) is 4.65. The Hall–Kier alpha value is -3.99. The van der Waals surface area contributed by atoms with Gasteiger partial charge in [0.2, 0.25) is 0 Å². The Labute approximate surface area is 204 Å². The van der Waals surface area contributed by atoms with Gasteiger partial charge in [0, 0.05) is 29.2 Å². The zero-order chi connectivity index (χ0) is 25.5. The van der Waals surface area contributed by atoms with Crippen LogP contribution in [0.25, 0.3) is 6.08 Å². The topological polar surface area (TPSA) is 114 Å². The van der Waals surface area contributed by atoms with Crippen molar-refractivity contribution in [1.82, 2.24) is 0 Å². The van der Waals surface area contributed by atoms with E-state index in [2.05, 4.69) is 6.07 Å². The first-order valence-corrected chi connectivity index (χ1v) is 11.5. The van der Waals surface area contributed by atoms with Crippen LogP contribution in [0.1, 0.15) is 44.7 Å². The maximum absolute atomic E-state index is 14.0. The summed E-state index contributed by atoms with van der Waals surface area (Å²) in [6.07, 6.45) is 3.65. The molecule has 2 aliphatic rings. The molecule has 0 bridgehead atoms. The average Bonchev–Trinajstić information content (AvgIpc) is 3.14. The maximum Gasteiger partial charge on any atom is 0.329 e. The molecule has 2 aliphatic heterocycles. The Balaban J connectivity index is 2.04. The van der Waals surface area contributed by atoms with Crippen molar-refractivity contribution in [2.75, 3.05) is 11.5 Å². The quantitative estimate of drug-likeness (QED) is 0.353. The lowest BCUT2D eigenvalue weighted by Gasteiger charge is -2.37. The number of benzene rings is 2. The van der Waals surface area contributed by atoms with Gasteiger partial charge in [0.05, 0.1) is 29.7 Å².